The maximum Gasteiger partial charge on any atom is 0.169 e. The Bertz CT molecular complexity index is 790. The highest BCUT2D eigenvalue weighted by Gasteiger charge is 2.22. The highest BCUT2D eigenvalue weighted by atomic mass is 32.2. The smallest absolute Gasteiger partial charge is 0.169 e. The molecule has 4 heteroatoms. The highest BCUT2D eigenvalue weighted by Crippen LogP contribution is 2.27. The van der Waals surface area contributed by atoms with Crippen LogP contribution in [0.5, 0.6) is 0 Å². The molecule has 180 valence electrons. The first-order chi connectivity index (χ1) is 15.4. The lowest BCUT2D eigenvalue weighted by Crippen LogP contribution is -2.22. The molecule has 0 aliphatic carbocycles. The number of para-hydroxylation sites is 2. The van der Waals surface area contributed by atoms with Crippen LogP contribution >= 0.6 is 11.8 Å². The first-order valence-electron chi connectivity index (χ1n) is 13.0. The van der Waals surface area contributed by atoms with E-state index in [0.717, 1.165) is 17.2 Å². The number of rotatable bonds is 17. The van der Waals surface area contributed by atoms with Crippen molar-refractivity contribution in [2.24, 2.45) is 5.41 Å². The summed E-state index contributed by atoms with van der Waals surface area (Å²) >= 11 is 1.60. The number of fused-ring (bicyclic) bond motifs is 1. The van der Waals surface area contributed by atoms with Gasteiger partial charge in [-0.15, -0.1) is 0 Å². The number of hydrogen-bond acceptors (Lipinski definition) is 3. The quantitative estimate of drug-likeness (QED) is 0.175. The molecule has 0 atom stereocenters. The largest absolute Gasteiger partial charge is 0.319 e. The van der Waals surface area contributed by atoms with Crippen LogP contribution in [-0.2, 0) is 11.3 Å². The van der Waals surface area contributed by atoms with Crippen molar-refractivity contribution in [1.29, 1.82) is 0 Å². The Morgan fingerprint density at radius 3 is 1.94 bits per heavy atom. The van der Waals surface area contributed by atoms with Gasteiger partial charge < -0.3 is 4.57 Å². The average molecular weight is 459 g/mol. The highest BCUT2D eigenvalue weighted by molar-refractivity contribution is 7.99. The third kappa shape index (κ3) is 9.68. The summed E-state index contributed by atoms with van der Waals surface area (Å²) in [6.45, 7) is 9.25. The standard InChI is InChI=1S/C28H46N2OS/c1-5-6-7-8-9-10-11-12-13-14-15-16-19-22-30-25-21-18-17-20-24(25)29-27(30)32-23-26(31)28(2,3)4/h17-18,20-21H,5-16,19,22-23H2,1-4H3. The molecule has 0 unspecified atom stereocenters. The van der Waals surface area contributed by atoms with Crippen LogP contribution in [0.3, 0.4) is 0 Å². The van der Waals surface area contributed by atoms with E-state index in [9.17, 15) is 4.79 Å². The van der Waals surface area contributed by atoms with Gasteiger partial charge >= 0.3 is 0 Å². The summed E-state index contributed by atoms with van der Waals surface area (Å²) in [4.78, 5) is 17.2. The Balaban J connectivity index is 1.68. The number of benzene rings is 1. The van der Waals surface area contributed by atoms with Crippen LogP contribution in [0.2, 0.25) is 0 Å². The Labute approximate surface area is 201 Å². The predicted molar refractivity (Wildman–Crippen MR) is 141 cm³/mol. The van der Waals surface area contributed by atoms with Crippen LogP contribution in [-0.4, -0.2) is 21.1 Å². The summed E-state index contributed by atoms with van der Waals surface area (Å²) in [5, 5.41) is 0.989. The summed E-state index contributed by atoms with van der Waals surface area (Å²) in [7, 11) is 0. The molecule has 1 aromatic carbocycles. The molecule has 0 saturated carbocycles. The fourth-order valence-electron chi connectivity index (χ4n) is 4.01. The van der Waals surface area contributed by atoms with Gasteiger partial charge in [-0.3, -0.25) is 4.79 Å². The van der Waals surface area contributed by atoms with Crippen LogP contribution in [0.25, 0.3) is 11.0 Å². The number of ketones is 1. The lowest BCUT2D eigenvalue weighted by Gasteiger charge is -2.16. The zero-order valence-corrected chi connectivity index (χ0v) is 21.9. The Hall–Kier alpha value is -1.29. The third-order valence-corrected chi connectivity index (χ3v) is 7.25. The van der Waals surface area contributed by atoms with Gasteiger partial charge in [0.15, 0.2) is 5.16 Å². The number of aromatic nitrogens is 2. The molecule has 0 aliphatic rings. The second-order valence-electron chi connectivity index (χ2n) is 10.2. The van der Waals surface area contributed by atoms with E-state index >= 15 is 0 Å². The minimum absolute atomic E-state index is 0.280. The van der Waals surface area contributed by atoms with Crippen molar-refractivity contribution in [2.75, 3.05) is 5.75 Å². The maximum absolute atomic E-state index is 12.4. The minimum atomic E-state index is -0.293. The van der Waals surface area contributed by atoms with Crippen molar-refractivity contribution in [3.8, 4) is 0 Å². The van der Waals surface area contributed by atoms with E-state index in [1.54, 1.807) is 11.8 Å². The summed E-state index contributed by atoms with van der Waals surface area (Å²) < 4.78 is 2.33. The van der Waals surface area contributed by atoms with Crippen molar-refractivity contribution >= 4 is 28.6 Å². The van der Waals surface area contributed by atoms with E-state index < -0.39 is 0 Å². The molecule has 3 nitrogen and oxygen atoms in total. The maximum atomic E-state index is 12.4. The third-order valence-electron chi connectivity index (χ3n) is 6.27. The van der Waals surface area contributed by atoms with Crippen LogP contribution in [0, 0.1) is 5.41 Å². The fourth-order valence-corrected chi connectivity index (χ4v) is 5.22. The number of carbonyl (C=O) groups excluding carboxylic acids is 1. The number of hydrogen-bond donors (Lipinski definition) is 0. The van der Waals surface area contributed by atoms with Gasteiger partial charge in [0, 0.05) is 12.0 Å². The van der Waals surface area contributed by atoms with E-state index in [4.69, 9.17) is 4.98 Å². The Morgan fingerprint density at radius 1 is 0.844 bits per heavy atom. The van der Waals surface area contributed by atoms with Crippen molar-refractivity contribution in [3.63, 3.8) is 0 Å². The topological polar surface area (TPSA) is 34.9 Å². The predicted octanol–water partition coefficient (Wildman–Crippen LogP) is 8.83. The second-order valence-corrected chi connectivity index (χ2v) is 11.2. The normalized spacial score (nSPS) is 12.0. The van der Waals surface area contributed by atoms with Crippen molar-refractivity contribution in [2.45, 2.75) is 123 Å². The molecule has 0 aliphatic heterocycles. The minimum Gasteiger partial charge on any atom is -0.319 e. The zero-order chi connectivity index (χ0) is 23.2. The SMILES string of the molecule is CCCCCCCCCCCCCCCn1c(SCC(=O)C(C)(C)C)nc2ccccc21. The first-order valence-corrected chi connectivity index (χ1v) is 14.0. The van der Waals surface area contributed by atoms with Crippen molar-refractivity contribution < 1.29 is 4.79 Å². The Kier molecular flexibility index (Phi) is 12.4. The zero-order valence-electron chi connectivity index (χ0n) is 21.1. The molecule has 0 radical (unpaired) electrons. The molecule has 0 spiro atoms. The molecule has 0 amide bonds. The Morgan fingerprint density at radius 2 is 1.38 bits per heavy atom. The van der Waals surface area contributed by atoms with Gasteiger partial charge in [-0.25, -0.2) is 4.98 Å². The summed E-state index contributed by atoms with van der Waals surface area (Å²) in [6, 6.07) is 8.35. The number of Topliss-reactive ketones (excluding diaryl/α,β-unsaturated/α-hetero) is 1. The molecule has 1 aromatic heterocycles. The molecule has 0 N–H and O–H groups in total. The van der Waals surface area contributed by atoms with Crippen molar-refractivity contribution in [3.05, 3.63) is 24.3 Å². The number of unbranched alkanes of at least 4 members (excludes halogenated alkanes) is 12. The summed E-state index contributed by atoms with van der Waals surface area (Å²) in [5.74, 6) is 0.771. The molecular formula is C28H46N2OS. The lowest BCUT2D eigenvalue weighted by molar-refractivity contribution is -0.123. The monoisotopic (exact) mass is 458 g/mol. The number of thioether (sulfide) groups is 1. The number of imidazole rings is 1. The van der Waals surface area contributed by atoms with E-state index in [-0.39, 0.29) is 11.2 Å². The second kappa shape index (κ2) is 14.8. The molecule has 2 rings (SSSR count). The molecule has 0 bridgehead atoms. The number of carbonyl (C=O) groups is 1. The molecule has 0 saturated heterocycles. The van der Waals surface area contributed by atoms with Gasteiger partial charge in [0.2, 0.25) is 0 Å². The first kappa shape index (κ1) is 27.0. The number of nitrogens with zero attached hydrogens (tertiary/aromatic N) is 2. The van der Waals surface area contributed by atoms with Gasteiger partial charge in [-0.1, -0.05) is 129 Å². The van der Waals surface area contributed by atoms with Gasteiger partial charge in [-0.05, 0) is 18.6 Å². The van der Waals surface area contributed by atoms with Crippen LogP contribution in [0.4, 0.5) is 0 Å². The molecular weight excluding hydrogens is 412 g/mol. The van der Waals surface area contributed by atoms with Crippen molar-refractivity contribution in [1.82, 2.24) is 9.55 Å². The molecule has 0 fully saturated rings. The van der Waals surface area contributed by atoms with Gasteiger partial charge in [0.05, 0.1) is 16.8 Å². The van der Waals surface area contributed by atoms with Gasteiger partial charge in [-0.2, -0.15) is 0 Å². The summed E-state index contributed by atoms with van der Waals surface area (Å²) in [5.41, 5.74) is 1.93. The van der Waals surface area contributed by atoms with Gasteiger partial charge in [0.25, 0.3) is 0 Å². The summed E-state index contributed by atoms with van der Waals surface area (Å²) in [6.07, 6.45) is 17.8. The molecule has 32 heavy (non-hydrogen) atoms. The van der Waals surface area contributed by atoms with Crippen LogP contribution < -0.4 is 0 Å². The lowest BCUT2D eigenvalue weighted by atomic mass is 9.92. The fraction of sp³-hybridized carbons (Fsp3) is 0.714. The molecule has 2 aromatic rings. The van der Waals surface area contributed by atoms with E-state index in [2.05, 4.69) is 29.7 Å². The van der Waals surface area contributed by atoms with Crippen LogP contribution in [0.1, 0.15) is 111 Å². The van der Waals surface area contributed by atoms with Crippen LogP contribution in [0.15, 0.2) is 29.4 Å². The molecule has 1 heterocycles. The average Bonchev–Trinajstić information content (AvgIpc) is 3.12. The van der Waals surface area contributed by atoms with E-state index in [1.807, 2.05) is 26.8 Å². The van der Waals surface area contributed by atoms with Gasteiger partial charge in [0.1, 0.15) is 5.78 Å². The van der Waals surface area contributed by atoms with E-state index in [1.165, 1.54) is 89.0 Å². The van der Waals surface area contributed by atoms with E-state index in [0.29, 0.717) is 5.75 Å². The number of aryl methyl sites for hydroxylation is 1.